The van der Waals surface area contributed by atoms with E-state index < -0.39 is 0 Å². The average Bonchev–Trinajstić information content (AvgIpc) is 3.10. The van der Waals surface area contributed by atoms with E-state index in [9.17, 15) is 4.79 Å². The Labute approximate surface area is 143 Å². The van der Waals surface area contributed by atoms with Gasteiger partial charge in [-0.25, -0.2) is 0 Å². The number of hydrogen-bond acceptors (Lipinski definition) is 3. The largest absolute Gasteiger partial charge is 0.360 e. The average molecular weight is 341 g/mol. The molecular weight excluding hydrogens is 328 g/mol. The lowest BCUT2D eigenvalue weighted by Gasteiger charge is -2.37. The van der Waals surface area contributed by atoms with E-state index in [1.165, 1.54) is 0 Å². The summed E-state index contributed by atoms with van der Waals surface area (Å²) in [5.74, 6) is -0.0138. The van der Waals surface area contributed by atoms with E-state index in [0.717, 1.165) is 16.3 Å². The van der Waals surface area contributed by atoms with E-state index in [1.807, 2.05) is 53.9 Å². The molecule has 23 heavy (non-hydrogen) atoms. The van der Waals surface area contributed by atoms with Crippen LogP contribution in [-0.4, -0.2) is 5.91 Å². The van der Waals surface area contributed by atoms with Gasteiger partial charge in [0.15, 0.2) is 0 Å². The highest BCUT2D eigenvalue weighted by molar-refractivity contribution is 7.10. The number of carbonyl (C=O) groups is 1. The fourth-order valence-corrected chi connectivity index (χ4v) is 3.66. The number of hydrogen-bond donors (Lipinski definition) is 1. The lowest BCUT2D eigenvalue weighted by atomic mass is 10.1. The third-order valence-electron chi connectivity index (χ3n) is 3.84. The van der Waals surface area contributed by atoms with Crippen LogP contribution in [0.15, 0.2) is 66.0 Å². The van der Waals surface area contributed by atoms with Crippen molar-refractivity contribution in [3.05, 3.63) is 81.5 Å². The molecule has 1 N–H and O–H groups in total. The smallest absolute Gasteiger partial charge is 0.262 e. The first-order valence-electron chi connectivity index (χ1n) is 7.22. The van der Waals surface area contributed by atoms with E-state index in [1.54, 1.807) is 28.4 Å². The van der Waals surface area contributed by atoms with Crippen molar-refractivity contribution in [2.45, 2.75) is 6.17 Å². The van der Waals surface area contributed by atoms with Crippen molar-refractivity contribution in [2.24, 2.45) is 0 Å². The van der Waals surface area contributed by atoms with Crippen LogP contribution in [0.25, 0.3) is 0 Å². The van der Waals surface area contributed by atoms with Crippen LogP contribution in [0.2, 0.25) is 5.02 Å². The Bertz CT molecular complexity index is 846. The second kappa shape index (κ2) is 5.72. The van der Waals surface area contributed by atoms with Crippen molar-refractivity contribution >= 4 is 40.2 Å². The van der Waals surface area contributed by atoms with Gasteiger partial charge in [-0.3, -0.25) is 9.69 Å². The number of rotatable bonds is 2. The second-order valence-corrected chi connectivity index (χ2v) is 6.68. The molecule has 0 saturated heterocycles. The number of para-hydroxylation sites is 1. The number of halogens is 1. The van der Waals surface area contributed by atoms with Gasteiger partial charge in [0.2, 0.25) is 0 Å². The first-order valence-corrected chi connectivity index (χ1v) is 8.48. The van der Waals surface area contributed by atoms with Crippen molar-refractivity contribution in [1.29, 1.82) is 0 Å². The molecule has 2 heterocycles. The molecule has 1 aliphatic heterocycles. The van der Waals surface area contributed by atoms with Gasteiger partial charge in [-0.15, -0.1) is 11.3 Å². The number of fused-ring (bicyclic) bond motifs is 1. The van der Waals surface area contributed by atoms with Gasteiger partial charge in [0.05, 0.1) is 5.56 Å². The van der Waals surface area contributed by atoms with Gasteiger partial charge in [0.1, 0.15) is 6.17 Å². The summed E-state index contributed by atoms with van der Waals surface area (Å²) < 4.78 is 0. The standard InChI is InChI=1S/C18H13ClN2OS/c19-12-7-9-13(10-8-12)21-17(16-6-3-11-23-16)20-15-5-2-1-4-14(15)18(21)22/h1-11,17,20H. The molecule has 0 spiro atoms. The minimum absolute atomic E-state index is 0.0138. The van der Waals surface area contributed by atoms with E-state index in [-0.39, 0.29) is 12.1 Å². The molecule has 1 amide bonds. The van der Waals surface area contributed by atoms with Crippen LogP contribution in [0, 0.1) is 0 Å². The Morgan fingerprint density at radius 1 is 1.00 bits per heavy atom. The molecule has 5 heteroatoms. The highest BCUT2D eigenvalue weighted by Gasteiger charge is 2.34. The van der Waals surface area contributed by atoms with Crippen molar-refractivity contribution in [3.63, 3.8) is 0 Å². The molecular formula is C18H13ClN2OS. The van der Waals surface area contributed by atoms with Gasteiger partial charge in [-0.05, 0) is 47.8 Å². The normalized spacial score (nSPS) is 16.8. The van der Waals surface area contributed by atoms with Crippen LogP contribution in [0.1, 0.15) is 21.4 Å². The monoisotopic (exact) mass is 340 g/mol. The van der Waals surface area contributed by atoms with Gasteiger partial charge < -0.3 is 5.32 Å². The zero-order valence-electron chi connectivity index (χ0n) is 12.1. The molecule has 0 aliphatic carbocycles. The lowest BCUT2D eigenvalue weighted by Crippen LogP contribution is -2.42. The zero-order valence-corrected chi connectivity index (χ0v) is 13.6. The Kier molecular flexibility index (Phi) is 3.56. The molecule has 1 atom stereocenters. The molecule has 2 aromatic carbocycles. The quantitative estimate of drug-likeness (QED) is 0.697. The van der Waals surface area contributed by atoms with E-state index in [2.05, 4.69) is 5.32 Å². The van der Waals surface area contributed by atoms with Crippen LogP contribution in [0.3, 0.4) is 0 Å². The molecule has 1 aromatic heterocycles. The highest BCUT2D eigenvalue weighted by Crippen LogP contribution is 2.38. The number of carbonyl (C=O) groups excluding carboxylic acids is 1. The van der Waals surface area contributed by atoms with Crippen LogP contribution in [0.5, 0.6) is 0 Å². The maximum absolute atomic E-state index is 13.1. The minimum atomic E-state index is -0.224. The number of nitrogens with one attached hydrogen (secondary N) is 1. The second-order valence-electron chi connectivity index (χ2n) is 5.26. The van der Waals surface area contributed by atoms with E-state index >= 15 is 0 Å². The summed E-state index contributed by atoms with van der Waals surface area (Å²) in [6.45, 7) is 0. The molecule has 0 saturated carbocycles. The number of nitrogens with zero attached hydrogens (tertiary/aromatic N) is 1. The number of benzene rings is 2. The van der Waals surface area contributed by atoms with Gasteiger partial charge in [-0.2, -0.15) is 0 Å². The van der Waals surface area contributed by atoms with Crippen LogP contribution < -0.4 is 10.2 Å². The van der Waals surface area contributed by atoms with Gasteiger partial charge >= 0.3 is 0 Å². The fraction of sp³-hybridized carbons (Fsp3) is 0.0556. The summed E-state index contributed by atoms with van der Waals surface area (Å²) in [6, 6.07) is 19.0. The lowest BCUT2D eigenvalue weighted by molar-refractivity contribution is 0.0975. The van der Waals surface area contributed by atoms with E-state index in [0.29, 0.717) is 10.6 Å². The van der Waals surface area contributed by atoms with Crippen LogP contribution >= 0.6 is 22.9 Å². The van der Waals surface area contributed by atoms with Gasteiger partial charge in [-0.1, -0.05) is 29.8 Å². The molecule has 1 unspecified atom stereocenters. The fourth-order valence-electron chi connectivity index (χ4n) is 2.77. The van der Waals surface area contributed by atoms with Crippen LogP contribution in [-0.2, 0) is 0 Å². The third-order valence-corrected chi connectivity index (χ3v) is 5.02. The van der Waals surface area contributed by atoms with Crippen molar-refractivity contribution in [1.82, 2.24) is 0 Å². The van der Waals surface area contributed by atoms with Crippen molar-refractivity contribution in [3.8, 4) is 0 Å². The first kappa shape index (κ1) is 14.3. The maximum atomic E-state index is 13.1. The summed E-state index contributed by atoms with van der Waals surface area (Å²) in [7, 11) is 0. The summed E-state index contributed by atoms with van der Waals surface area (Å²) in [5.41, 5.74) is 2.36. The Hall–Kier alpha value is -2.30. The molecule has 1 aliphatic rings. The number of thiophene rings is 1. The Balaban J connectivity index is 1.85. The molecule has 4 rings (SSSR count). The summed E-state index contributed by atoms with van der Waals surface area (Å²) in [6.07, 6.45) is -0.224. The summed E-state index contributed by atoms with van der Waals surface area (Å²) in [4.78, 5) is 15.9. The SMILES string of the molecule is O=C1c2ccccc2NC(c2cccs2)N1c1ccc(Cl)cc1. The number of anilines is 2. The number of amides is 1. The van der Waals surface area contributed by atoms with Crippen molar-refractivity contribution in [2.75, 3.05) is 10.2 Å². The molecule has 3 aromatic rings. The zero-order chi connectivity index (χ0) is 15.8. The van der Waals surface area contributed by atoms with Gasteiger partial charge in [0.25, 0.3) is 5.91 Å². The van der Waals surface area contributed by atoms with Gasteiger partial charge in [0, 0.05) is 21.3 Å². The van der Waals surface area contributed by atoms with E-state index in [4.69, 9.17) is 11.6 Å². The topological polar surface area (TPSA) is 32.3 Å². The highest BCUT2D eigenvalue weighted by atomic mass is 35.5. The predicted molar refractivity (Wildman–Crippen MR) is 95.4 cm³/mol. The first-order chi connectivity index (χ1) is 11.2. The Morgan fingerprint density at radius 2 is 1.78 bits per heavy atom. The Morgan fingerprint density at radius 3 is 2.52 bits per heavy atom. The van der Waals surface area contributed by atoms with Crippen LogP contribution in [0.4, 0.5) is 11.4 Å². The summed E-state index contributed by atoms with van der Waals surface area (Å²) in [5, 5.41) is 6.14. The molecule has 0 fully saturated rings. The molecule has 0 bridgehead atoms. The maximum Gasteiger partial charge on any atom is 0.262 e. The molecule has 3 nitrogen and oxygen atoms in total. The minimum Gasteiger partial charge on any atom is -0.360 e. The predicted octanol–water partition coefficient (Wildman–Crippen LogP) is 5.17. The molecule has 0 radical (unpaired) electrons. The van der Waals surface area contributed by atoms with Crippen molar-refractivity contribution < 1.29 is 4.79 Å². The summed E-state index contributed by atoms with van der Waals surface area (Å²) >= 11 is 7.61. The molecule has 114 valence electrons. The third kappa shape index (κ3) is 2.50.